The van der Waals surface area contributed by atoms with Crippen LogP contribution in [0.3, 0.4) is 0 Å². The maximum atomic E-state index is 9.76. The van der Waals surface area contributed by atoms with E-state index in [0.717, 1.165) is 0 Å². The Balaban J connectivity index is 2.39. The van der Waals surface area contributed by atoms with Crippen molar-refractivity contribution in [1.29, 1.82) is 0 Å². The van der Waals surface area contributed by atoms with Crippen molar-refractivity contribution in [1.82, 2.24) is 0 Å². The Kier molecular flexibility index (Phi) is 6.03. The van der Waals surface area contributed by atoms with Crippen molar-refractivity contribution in [2.75, 3.05) is 12.4 Å². The highest BCUT2D eigenvalue weighted by atomic mass is 32.2. The Morgan fingerprint density at radius 2 is 2.00 bits per heavy atom. The van der Waals surface area contributed by atoms with E-state index in [0.29, 0.717) is 12.4 Å². The zero-order chi connectivity index (χ0) is 12.8. The molecule has 17 heavy (non-hydrogen) atoms. The molecule has 0 amide bonds. The summed E-state index contributed by atoms with van der Waals surface area (Å²) in [5.41, 5.74) is 2.54. The summed E-state index contributed by atoms with van der Waals surface area (Å²) in [5.74, 6) is 0.677. The maximum Gasteiger partial charge on any atom is 0.0867 e. The Hall–Kier alpha value is -0.510. The summed E-state index contributed by atoms with van der Waals surface area (Å²) >= 11 is 1.69. The monoisotopic (exact) mass is 254 g/mol. The number of ether oxygens (including phenoxy) is 1. The van der Waals surface area contributed by atoms with Crippen LogP contribution in [-0.4, -0.2) is 29.7 Å². The standard InChI is InChI=1S/C14H22O2S/c1-10(2)16-8-13(15)9-17-14-6-5-11(3)7-12(14)4/h5-7,10,13,15H,8-9H2,1-4H3/t13-/m1/s1. The van der Waals surface area contributed by atoms with Gasteiger partial charge in [-0.3, -0.25) is 0 Å². The van der Waals surface area contributed by atoms with Gasteiger partial charge in [0.05, 0.1) is 18.8 Å². The van der Waals surface area contributed by atoms with Crippen molar-refractivity contribution < 1.29 is 9.84 Å². The lowest BCUT2D eigenvalue weighted by molar-refractivity contribution is 0.0152. The molecule has 1 N–H and O–H groups in total. The van der Waals surface area contributed by atoms with Gasteiger partial charge in [-0.05, 0) is 39.3 Å². The van der Waals surface area contributed by atoms with Gasteiger partial charge in [0.2, 0.25) is 0 Å². The lowest BCUT2D eigenvalue weighted by Crippen LogP contribution is -2.20. The van der Waals surface area contributed by atoms with Gasteiger partial charge in [-0.2, -0.15) is 0 Å². The molecule has 1 atom stereocenters. The number of rotatable bonds is 6. The van der Waals surface area contributed by atoms with E-state index in [1.165, 1.54) is 16.0 Å². The SMILES string of the molecule is Cc1ccc(SC[C@H](O)COC(C)C)c(C)c1. The van der Waals surface area contributed by atoms with Crippen molar-refractivity contribution in [2.45, 2.75) is 44.8 Å². The molecule has 0 bridgehead atoms. The van der Waals surface area contributed by atoms with Gasteiger partial charge in [-0.15, -0.1) is 11.8 Å². The van der Waals surface area contributed by atoms with Gasteiger partial charge in [0.1, 0.15) is 0 Å². The molecule has 0 aliphatic rings. The zero-order valence-corrected chi connectivity index (χ0v) is 11.9. The van der Waals surface area contributed by atoms with Crippen LogP contribution >= 0.6 is 11.8 Å². The minimum absolute atomic E-state index is 0.177. The second-order valence-electron chi connectivity index (χ2n) is 4.62. The van der Waals surface area contributed by atoms with Crippen LogP contribution in [0.2, 0.25) is 0 Å². The summed E-state index contributed by atoms with van der Waals surface area (Å²) in [6.45, 7) is 8.56. The fourth-order valence-electron chi connectivity index (χ4n) is 1.50. The lowest BCUT2D eigenvalue weighted by atomic mass is 10.2. The van der Waals surface area contributed by atoms with Gasteiger partial charge in [-0.25, -0.2) is 0 Å². The van der Waals surface area contributed by atoms with Crippen molar-refractivity contribution in [3.8, 4) is 0 Å². The minimum atomic E-state index is -0.400. The highest BCUT2D eigenvalue weighted by Gasteiger charge is 2.07. The molecule has 3 heteroatoms. The highest BCUT2D eigenvalue weighted by Crippen LogP contribution is 2.23. The van der Waals surface area contributed by atoms with E-state index in [-0.39, 0.29) is 6.10 Å². The van der Waals surface area contributed by atoms with Gasteiger partial charge in [0.25, 0.3) is 0 Å². The molecule has 0 saturated carbocycles. The molecular weight excluding hydrogens is 232 g/mol. The molecule has 0 aliphatic carbocycles. The third kappa shape index (κ3) is 5.57. The van der Waals surface area contributed by atoms with E-state index in [9.17, 15) is 5.11 Å². The summed E-state index contributed by atoms with van der Waals surface area (Å²) in [7, 11) is 0. The highest BCUT2D eigenvalue weighted by molar-refractivity contribution is 7.99. The fourth-order valence-corrected chi connectivity index (χ4v) is 2.42. The summed E-state index contributed by atoms with van der Waals surface area (Å²) in [5, 5.41) is 9.76. The van der Waals surface area contributed by atoms with Crippen LogP contribution in [0.25, 0.3) is 0 Å². The molecule has 0 unspecified atom stereocenters. The predicted octanol–water partition coefficient (Wildman–Crippen LogP) is 3.18. The first-order valence-corrected chi connectivity index (χ1v) is 6.97. The topological polar surface area (TPSA) is 29.5 Å². The molecule has 1 aromatic carbocycles. The van der Waals surface area contributed by atoms with Crippen molar-refractivity contribution in [2.24, 2.45) is 0 Å². The third-order valence-electron chi connectivity index (χ3n) is 2.38. The van der Waals surface area contributed by atoms with E-state index in [1.54, 1.807) is 11.8 Å². The van der Waals surface area contributed by atoms with Crippen LogP contribution in [0, 0.1) is 13.8 Å². The van der Waals surface area contributed by atoms with Crippen molar-refractivity contribution >= 4 is 11.8 Å². The number of hydrogen-bond acceptors (Lipinski definition) is 3. The molecule has 0 fully saturated rings. The molecule has 0 heterocycles. The number of aryl methyl sites for hydroxylation is 2. The first kappa shape index (κ1) is 14.6. The van der Waals surface area contributed by atoms with Gasteiger partial charge < -0.3 is 9.84 Å². The largest absolute Gasteiger partial charge is 0.390 e. The van der Waals surface area contributed by atoms with Crippen LogP contribution in [0.5, 0.6) is 0 Å². The number of benzene rings is 1. The summed E-state index contributed by atoms with van der Waals surface area (Å²) in [6, 6.07) is 6.39. The van der Waals surface area contributed by atoms with Crippen LogP contribution in [-0.2, 0) is 4.74 Å². The van der Waals surface area contributed by atoms with Crippen molar-refractivity contribution in [3.63, 3.8) is 0 Å². The average molecular weight is 254 g/mol. The first-order chi connectivity index (χ1) is 7.99. The molecule has 0 spiro atoms. The molecule has 1 aromatic rings. The van der Waals surface area contributed by atoms with Crippen molar-refractivity contribution in [3.05, 3.63) is 29.3 Å². The zero-order valence-electron chi connectivity index (χ0n) is 11.1. The molecule has 96 valence electrons. The fraction of sp³-hybridized carbons (Fsp3) is 0.571. The van der Waals surface area contributed by atoms with Gasteiger partial charge in [0, 0.05) is 10.6 Å². The molecule has 0 radical (unpaired) electrons. The Bertz CT molecular complexity index is 350. The Morgan fingerprint density at radius 3 is 2.59 bits per heavy atom. The molecule has 0 aliphatic heterocycles. The first-order valence-electron chi connectivity index (χ1n) is 5.98. The summed E-state index contributed by atoms with van der Waals surface area (Å²) in [4.78, 5) is 1.24. The third-order valence-corrected chi connectivity index (χ3v) is 3.70. The van der Waals surface area contributed by atoms with Crippen LogP contribution in [0.4, 0.5) is 0 Å². The number of hydrogen-bond donors (Lipinski definition) is 1. The summed E-state index contributed by atoms with van der Waals surface area (Å²) in [6.07, 6.45) is -0.223. The maximum absolute atomic E-state index is 9.76. The molecule has 0 aromatic heterocycles. The Labute approximate surface area is 108 Å². The van der Waals surface area contributed by atoms with E-state index in [4.69, 9.17) is 4.74 Å². The van der Waals surface area contributed by atoms with Crippen LogP contribution < -0.4 is 0 Å². The normalized spacial score (nSPS) is 13.1. The Morgan fingerprint density at radius 1 is 1.29 bits per heavy atom. The summed E-state index contributed by atoms with van der Waals surface area (Å²) < 4.78 is 5.38. The molecule has 0 saturated heterocycles. The van der Waals surface area contributed by atoms with Gasteiger partial charge >= 0.3 is 0 Å². The average Bonchev–Trinajstić information content (AvgIpc) is 2.25. The van der Waals surface area contributed by atoms with E-state index in [1.807, 2.05) is 13.8 Å². The van der Waals surface area contributed by atoms with E-state index < -0.39 is 6.10 Å². The van der Waals surface area contributed by atoms with Gasteiger partial charge in [0.15, 0.2) is 0 Å². The van der Waals surface area contributed by atoms with Gasteiger partial charge in [-0.1, -0.05) is 17.7 Å². The lowest BCUT2D eigenvalue weighted by Gasteiger charge is -2.14. The molecule has 1 rings (SSSR count). The second-order valence-corrected chi connectivity index (χ2v) is 5.68. The predicted molar refractivity (Wildman–Crippen MR) is 73.7 cm³/mol. The molecule has 2 nitrogen and oxygen atoms in total. The quantitative estimate of drug-likeness (QED) is 0.791. The minimum Gasteiger partial charge on any atom is -0.390 e. The smallest absolute Gasteiger partial charge is 0.0867 e. The van der Waals surface area contributed by atoms with E-state index in [2.05, 4.69) is 32.0 Å². The number of aliphatic hydroxyl groups excluding tert-OH is 1. The van der Waals surface area contributed by atoms with E-state index >= 15 is 0 Å². The number of aliphatic hydroxyl groups is 1. The molecular formula is C14H22O2S. The number of thioether (sulfide) groups is 1. The van der Waals surface area contributed by atoms with Crippen LogP contribution in [0.1, 0.15) is 25.0 Å². The second kappa shape index (κ2) is 7.04. The van der Waals surface area contributed by atoms with Crippen LogP contribution in [0.15, 0.2) is 23.1 Å².